The van der Waals surface area contributed by atoms with Gasteiger partial charge in [0.2, 0.25) is 0 Å². The Morgan fingerprint density at radius 3 is 2.38 bits per heavy atom. The Morgan fingerprint density at radius 1 is 1.00 bits per heavy atom. The summed E-state index contributed by atoms with van der Waals surface area (Å²) >= 11 is 1.04. The molecule has 1 N–H and O–H groups in total. The Kier molecular flexibility index (Phi) is 8.15. The van der Waals surface area contributed by atoms with Crippen molar-refractivity contribution in [3.8, 4) is 22.8 Å². The molecule has 0 fully saturated rings. The van der Waals surface area contributed by atoms with Crippen molar-refractivity contribution < 1.29 is 28.6 Å². The number of benzene rings is 2. The third-order valence-corrected chi connectivity index (χ3v) is 7.29. The number of para-hydroxylation sites is 1. The molecular weight excluding hydrogens is 518 g/mol. The first-order valence-corrected chi connectivity index (χ1v) is 13.0. The average molecular weight is 548 g/mol. The van der Waals surface area contributed by atoms with Crippen molar-refractivity contribution in [3.63, 3.8) is 0 Å². The zero-order valence-corrected chi connectivity index (χ0v) is 23.4. The molecule has 0 aliphatic carbocycles. The van der Waals surface area contributed by atoms with Gasteiger partial charge >= 0.3 is 5.97 Å². The number of hydrogen-bond donors (Lipinski definition) is 1. The lowest BCUT2D eigenvalue weighted by Gasteiger charge is -2.13. The molecule has 2 aromatic heterocycles. The molecule has 2 amide bonds. The highest BCUT2D eigenvalue weighted by atomic mass is 32.1. The number of methoxy groups -OCH3 is 2. The van der Waals surface area contributed by atoms with Crippen LogP contribution < -0.4 is 14.8 Å². The summed E-state index contributed by atoms with van der Waals surface area (Å²) in [5.74, 6) is -0.227. The van der Waals surface area contributed by atoms with E-state index in [9.17, 15) is 14.4 Å². The van der Waals surface area contributed by atoms with Crippen LogP contribution in [0.4, 0.5) is 5.00 Å². The molecule has 0 saturated heterocycles. The lowest BCUT2D eigenvalue weighted by Crippen LogP contribution is -2.21. The van der Waals surface area contributed by atoms with Crippen molar-refractivity contribution in [2.75, 3.05) is 40.2 Å². The zero-order chi connectivity index (χ0) is 28.3. The number of carbonyl (C=O) groups excluding carboxylic acids is 3. The number of ether oxygens (including phenoxy) is 3. The van der Waals surface area contributed by atoms with E-state index in [0.29, 0.717) is 44.1 Å². The van der Waals surface area contributed by atoms with Crippen LogP contribution in [-0.2, 0) is 4.74 Å². The van der Waals surface area contributed by atoms with Gasteiger partial charge in [0.15, 0.2) is 11.5 Å². The van der Waals surface area contributed by atoms with E-state index in [0.717, 1.165) is 16.9 Å². The third-order valence-electron chi connectivity index (χ3n) is 6.09. The SMILES string of the molecule is CCOC(=O)c1c(NC(=O)c2cc(-c3ccc(OC)c(OC)c3)nc3ccccc23)sc(C(=O)N(C)C)c1C. The largest absolute Gasteiger partial charge is 0.493 e. The molecule has 0 atom stereocenters. The number of anilines is 1. The van der Waals surface area contributed by atoms with E-state index in [-0.39, 0.29) is 23.1 Å². The van der Waals surface area contributed by atoms with E-state index in [1.807, 2.05) is 30.3 Å². The van der Waals surface area contributed by atoms with Gasteiger partial charge in [0.1, 0.15) is 5.00 Å². The van der Waals surface area contributed by atoms with Crippen molar-refractivity contribution >= 4 is 45.0 Å². The molecule has 0 radical (unpaired) electrons. The van der Waals surface area contributed by atoms with Crippen molar-refractivity contribution in [2.24, 2.45) is 0 Å². The van der Waals surface area contributed by atoms with E-state index >= 15 is 0 Å². The van der Waals surface area contributed by atoms with E-state index in [4.69, 9.17) is 19.2 Å². The molecule has 0 aliphatic heterocycles. The van der Waals surface area contributed by atoms with Gasteiger partial charge in [-0.15, -0.1) is 11.3 Å². The quantitative estimate of drug-likeness (QED) is 0.294. The fraction of sp³-hybridized carbons (Fsp3) is 0.241. The fourth-order valence-corrected chi connectivity index (χ4v) is 5.35. The van der Waals surface area contributed by atoms with Gasteiger partial charge in [-0.2, -0.15) is 0 Å². The number of pyridine rings is 1. The predicted octanol–water partition coefficient (Wildman–Crippen LogP) is 5.42. The van der Waals surface area contributed by atoms with Gasteiger partial charge in [0.25, 0.3) is 11.8 Å². The van der Waals surface area contributed by atoms with E-state index < -0.39 is 11.9 Å². The van der Waals surface area contributed by atoms with Gasteiger partial charge in [-0.05, 0) is 49.7 Å². The molecule has 202 valence electrons. The van der Waals surface area contributed by atoms with E-state index in [2.05, 4.69) is 5.32 Å². The number of esters is 1. The van der Waals surface area contributed by atoms with Gasteiger partial charge < -0.3 is 24.4 Å². The minimum absolute atomic E-state index is 0.155. The number of hydrogen-bond acceptors (Lipinski definition) is 8. The van der Waals surface area contributed by atoms with Crippen molar-refractivity contribution in [1.29, 1.82) is 0 Å². The van der Waals surface area contributed by atoms with Crippen LogP contribution in [0.5, 0.6) is 11.5 Å². The first-order valence-electron chi connectivity index (χ1n) is 12.2. The van der Waals surface area contributed by atoms with Crippen molar-refractivity contribution in [3.05, 3.63) is 70.1 Å². The summed E-state index contributed by atoms with van der Waals surface area (Å²) in [6.07, 6.45) is 0. The molecule has 0 spiro atoms. The summed E-state index contributed by atoms with van der Waals surface area (Å²) in [6.45, 7) is 3.52. The number of thiophene rings is 1. The molecule has 0 unspecified atom stereocenters. The van der Waals surface area contributed by atoms with Crippen molar-refractivity contribution in [2.45, 2.75) is 13.8 Å². The summed E-state index contributed by atoms with van der Waals surface area (Å²) < 4.78 is 16.0. The van der Waals surface area contributed by atoms with Crippen LogP contribution in [0.1, 0.15) is 42.9 Å². The van der Waals surface area contributed by atoms with Gasteiger partial charge in [-0.3, -0.25) is 9.59 Å². The first kappa shape index (κ1) is 27.6. The maximum absolute atomic E-state index is 13.8. The molecule has 0 bridgehead atoms. The van der Waals surface area contributed by atoms with Crippen LogP contribution in [0.2, 0.25) is 0 Å². The molecular formula is C29H29N3O6S. The summed E-state index contributed by atoms with van der Waals surface area (Å²) in [5, 5.41) is 3.75. The highest BCUT2D eigenvalue weighted by Gasteiger charge is 2.28. The second-order valence-corrected chi connectivity index (χ2v) is 9.80. The summed E-state index contributed by atoms with van der Waals surface area (Å²) in [4.78, 5) is 45.9. The Balaban J connectivity index is 1.82. The minimum atomic E-state index is -0.607. The number of nitrogens with one attached hydrogen (secondary N) is 1. The number of rotatable bonds is 8. The molecule has 4 rings (SSSR count). The van der Waals surface area contributed by atoms with Crippen LogP contribution in [0.3, 0.4) is 0 Å². The van der Waals surface area contributed by atoms with Gasteiger partial charge in [-0.1, -0.05) is 18.2 Å². The molecule has 9 nitrogen and oxygen atoms in total. The molecule has 39 heavy (non-hydrogen) atoms. The normalized spacial score (nSPS) is 10.7. The lowest BCUT2D eigenvalue weighted by atomic mass is 10.0. The lowest BCUT2D eigenvalue weighted by molar-refractivity contribution is 0.0527. The Bertz CT molecular complexity index is 1580. The number of aromatic nitrogens is 1. The monoisotopic (exact) mass is 547 g/mol. The molecule has 2 aromatic carbocycles. The van der Waals surface area contributed by atoms with Crippen LogP contribution in [0.15, 0.2) is 48.5 Å². The summed E-state index contributed by atoms with van der Waals surface area (Å²) in [5.41, 5.74) is 2.87. The molecule has 0 aliphatic rings. The van der Waals surface area contributed by atoms with Gasteiger partial charge in [0.05, 0.1) is 48.0 Å². The molecule has 2 heterocycles. The topological polar surface area (TPSA) is 107 Å². The second-order valence-electron chi connectivity index (χ2n) is 8.78. The maximum Gasteiger partial charge on any atom is 0.341 e. The fourth-order valence-electron chi connectivity index (χ4n) is 4.13. The highest BCUT2D eigenvalue weighted by molar-refractivity contribution is 7.18. The predicted molar refractivity (Wildman–Crippen MR) is 151 cm³/mol. The maximum atomic E-state index is 13.8. The number of carbonyl (C=O) groups is 3. The third kappa shape index (κ3) is 5.42. The number of fused-ring (bicyclic) bond motifs is 1. The Hall–Kier alpha value is -4.44. The number of nitrogens with zero attached hydrogens (tertiary/aromatic N) is 2. The van der Waals surface area contributed by atoms with Crippen LogP contribution in [-0.4, -0.2) is 62.6 Å². The van der Waals surface area contributed by atoms with Crippen LogP contribution in [0.25, 0.3) is 22.2 Å². The average Bonchev–Trinajstić information content (AvgIpc) is 3.26. The summed E-state index contributed by atoms with van der Waals surface area (Å²) in [7, 11) is 6.36. The molecule has 10 heteroatoms. The van der Waals surface area contributed by atoms with Gasteiger partial charge in [0, 0.05) is 25.0 Å². The summed E-state index contributed by atoms with van der Waals surface area (Å²) in [6, 6.07) is 14.4. The first-order chi connectivity index (χ1) is 18.7. The second kappa shape index (κ2) is 11.5. The van der Waals surface area contributed by atoms with Crippen LogP contribution in [0, 0.1) is 6.92 Å². The van der Waals surface area contributed by atoms with Crippen molar-refractivity contribution in [1.82, 2.24) is 9.88 Å². The Labute approximate surface area is 230 Å². The highest BCUT2D eigenvalue weighted by Crippen LogP contribution is 2.36. The zero-order valence-electron chi connectivity index (χ0n) is 22.6. The van der Waals surface area contributed by atoms with E-state index in [1.165, 1.54) is 4.90 Å². The molecule has 4 aromatic rings. The van der Waals surface area contributed by atoms with Gasteiger partial charge in [-0.25, -0.2) is 9.78 Å². The number of amides is 2. The molecule has 0 saturated carbocycles. The minimum Gasteiger partial charge on any atom is -0.493 e. The smallest absolute Gasteiger partial charge is 0.341 e. The Morgan fingerprint density at radius 2 is 1.72 bits per heavy atom. The standard InChI is InChI=1S/C29H29N3O6S/c1-7-38-29(35)24-16(2)25(28(34)32(3)4)39-27(24)31-26(33)19-15-21(30-20-11-9-8-10-18(19)20)17-12-13-22(36-5)23(14-17)37-6/h8-15H,7H2,1-6H3,(H,31,33). The van der Waals surface area contributed by atoms with Crippen LogP contribution >= 0.6 is 11.3 Å². The van der Waals surface area contributed by atoms with E-state index in [1.54, 1.807) is 60.4 Å².